The Morgan fingerprint density at radius 1 is 0.357 bits per heavy atom. The van der Waals surface area contributed by atoms with Gasteiger partial charge in [-0.2, -0.15) is 0 Å². The van der Waals surface area contributed by atoms with Gasteiger partial charge in [0.15, 0.2) is 0 Å². The number of fused-ring (bicyclic) bond motifs is 12. The van der Waals surface area contributed by atoms with E-state index in [4.69, 9.17) is 8.83 Å². The second-order valence-corrected chi connectivity index (χ2v) is 15.5. The highest BCUT2D eigenvalue weighted by Gasteiger charge is 2.20. The van der Waals surface area contributed by atoms with Gasteiger partial charge in [-0.15, -0.1) is 11.3 Å². The number of thiophene rings is 1. The van der Waals surface area contributed by atoms with E-state index in [1.165, 1.54) is 31.3 Å². The molecule has 0 saturated carbocycles. The second-order valence-electron chi connectivity index (χ2n) is 14.4. The van der Waals surface area contributed by atoms with Crippen LogP contribution in [0.3, 0.4) is 0 Å². The summed E-state index contributed by atoms with van der Waals surface area (Å²) >= 11 is 1.82. The van der Waals surface area contributed by atoms with Crippen molar-refractivity contribution in [1.29, 1.82) is 0 Å². The molecule has 0 atom stereocenters. The fraction of sp³-hybridized carbons (Fsp3) is 0. The van der Waals surface area contributed by atoms with Gasteiger partial charge in [0.25, 0.3) is 0 Å². The number of furan rings is 2. The SMILES string of the molecule is c1ccc(-c2cccc(N(c3ccc(-c4cccc5c4oc4ccccc45)cc3)c3ccc4sc5ccc6c7ccc8ccccc8c7oc6c5c4c3)c2)cc1. The first-order valence-corrected chi connectivity index (χ1v) is 19.7. The third-order valence-corrected chi connectivity index (χ3v) is 12.4. The first kappa shape index (κ1) is 31.2. The number of hydrogen-bond donors (Lipinski definition) is 0. The third kappa shape index (κ3) is 4.76. The van der Waals surface area contributed by atoms with E-state index in [1.807, 2.05) is 23.5 Å². The molecule has 9 aromatic carbocycles. The van der Waals surface area contributed by atoms with E-state index in [2.05, 4.69) is 181 Å². The molecule has 12 rings (SSSR count). The lowest BCUT2D eigenvalue weighted by atomic mass is 10.0. The molecular weight excluding hydrogens is 703 g/mol. The van der Waals surface area contributed by atoms with Gasteiger partial charge in [-0.1, -0.05) is 121 Å². The monoisotopic (exact) mass is 733 g/mol. The highest BCUT2D eigenvalue weighted by Crippen LogP contribution is 2.46. The molecule has 0 aliphatic carbocycles. The molecule has 0 saturated heterocycles. The van der Waals surface area contributed by atoms with Crippen molar-refractivity contribution in [2.75, 3.05) is 4.90 Å². The van der Waals surface area contributed by atoms with Crippen molar-refractivity contribution in [1.82, 2.24) is 0 Å². The van der Waals surface area contributed by atoms with Gasteiger partial charge >= 0.3 is 0 Å². The highest BCUT2D eigenvalue weighted by molar-refractivity contribution is 7.26. The van der Waals surface area contributed by atoms with Gasteiger partial charge < -0.3 is 13.7 Å². The number of para-hydroxylation sites is 2. The molecule has 0 aliphatic heterocycles. The summed E-state index contributed by atoms with van der Waals surface area (Å²) in [5.74, 6) is 0. The molecule has 56 heavy (non-hydrogen) atoms. The van der Waals surface area contributed by atoms with E-state index >= 15 is 0 Å². The van der Waals surface area contributed by atoms with Crippen molar-refractivity contribution in [3.8, 4) is 22.3 Å². The summed E-state index contributed by atoms with van der Waals surface area (Å²) in [6.07, 6.45) is 0. The Balaban J connectivity index is 1.05. The normalized spacial score (nSPS) is 11.9. The van der Waals surface area contributed by atoms with Crippen LogP contribution in [0, 0.1) is 0 Å². The largest absolute Gasteiger partial charge is 0.455 e. The minimum atomic E-state index is 0.903. The number of anilines is 3. The lowest BCUT2D eigenvalue weighted by Gasteiger charge is -2.26. The molecule has 0 radical (unpaired) electrons. The maximum atomic E-state index is 6.87. The van der Waals surface area contributed by atoms with Gasteiger partial charge in [0.1, 0.15) is 22.3 Å². The summed E-state index contributed by atoms with van der Waals surface area (Å²) in [7, 11) is 0. The van der Waals surface area contributed by atoms with Crippen molar-refractivity contribution in [2.45, 2.75) is 0 Å². The van der Waals surface area contributed by atoms with Crippen LogP contribution in [0.5, 0.6) is 0 Å². The fourth-order valence-corrected chi connectivity index (χ4v) is 9.70. The molecule has 3 nitrogen and oxygen atoms in total. The number of hydrogen-bond acceptors (Lipinski definition) is 4. The predicted molar refractivity (Wildman–Crippen MR) is 237 cm³/mol. The molecule has 0 N–H and O–H groups in total. The molecule has 3 aromatic heterocycles. The maximum Gasteiger partial charge on any atom is 0.144 e. The minimum absolute atomic E-state index is 0.903. The Labute approximate surface area is 325 Å². The standard InChI is InChI=1S/C52H31NO2S/c1-2-10-32(11-3-1)35-13-8-14-37(30-35)53(36-23-20-34(21-24-36)40-17-9-18-42-41-16-6-7-19-46(41)54-50(40)42)38-25-28-47-45(31-38)49-48(56-47)29-27-44-43-26-22-33-12-4-5-15-39(33)51(43)55-52(44)49/h1-31H. The summed E-state index contributed by atoms with van der Waals surface area (Å²) in [5, 5.41) is 9.23. The van der Waals surface area contributed by atoms with E-state index in [0.717, 1.165) is 82.8 Å². The smallest absolute Gasteiger partial charge is 0.144 e. The van der Waals surface area contributed by atoms with E-state index in [9.17, 15) is 0 Å². The van der Waals surface area contributed by atoms with Gasteiger partial charge in [-0.25, -0.2) is 0 Å². The molecule has 0 amide bonds. The average Bonchev–Trinajstić information content (AvgIpc) is 3.96. The van der Waals surface area contributed by atoms with Crippen molar-refractivity contribution in [2.24, 2.45) is 0 Å². The quantitative estimate of drug-likeness (QED) is 0.176. The summed E-state index contributed by atoms with van der Waals surface area (Å²) in [6, 6.07) is 67.2. The highest BCUT2D eigenvalue weighted by atomic mass is 32.1. The lowest BCUT2D eigenvalue weighted by molar-refractivity contribution is 0.670. The zero-order chi connectivity index (χ0) is 36.7. The summed E-state index contributed by atoms with van der Waals surface area (Å²) in [4.78, 5) is 2.37. The van der Waals surface area contributed by atoms with Crippen molar-refractivity contribution in [3.05, 3.63) is 188 Å². The first-order chi connectivity index (χ1) is 27.7. The van der Waals surface area contributed by atoms with Crippen LogP contribution in [-0.2, 0) is 0 Å². The molecule has 0 spiro atoms. The molecule has 0 bridgehead atoms. The van der Waals surface area contributed by atoms with Gasteiger partial charge in [0, 0.05) is 69.7 Å². The van der Waals surface area contributed by atoms with E-state index in [1.54, 1.807) is 0 Å². The van der Waals surface area contributed by atoms with Crippen LogP contribution in [0.1, 0.15) is 0 Å². The van der Waals surface area contributed by atoms with E-state index in [-0.39, 0.29) is 0 Å². The Bertz CT molecular complexity index is 3480. The van der Waals surface area contributed by atoms with E-state index in [0.29, 0.717) is 0 Å². The third-order valence-electron chi connectivity index (χ3n) is 11.3. The molecule has 0 unspecified atom stereocenters. The van der Waals surface area contributed by atoms with Gasteiger partial charge in [-0.3, -0.25) is 0 Å². The molecular formula is C52H31NO2S. The van der Waals surface area contributed by atoms with Crippen molar-refractivity contribution < 1.29 is 8.83 Å². The molecule has 3 heterocycles. The van der Waals surface area contributed by atoms with Crippen LogP contribution in [0.2, 0.25) is 0 Å². The molecule has 12 aromatic rings. The van der Waals surface area contributed by atoms with Gasteiger partial charge in [0.2, 0.25) is 0 Å². The number of benzene rings is 9. The second kappa shape index (κ2) is 12.2. The fourth-order valence-electron chi connectivity index (χ4n) is 8.62. The molecule has 262 valence electrons. The summed E-state index contributed by atoms with van der Waals surface area (Å²) < 4.78 is 15.7. The minimum Gasteiger partial charge on any atom is -0.455 e. The predicted octanol–water partition coefficient (Wildman–Crippen LogP) is 15.8. The Morgan fingerprint density at radius 2 is 1.04 bits per heavy atom. The molecule has 0 aliphatic rings. The first-order valence-electron chi connectivity index (χ1n) is 18.9. The Morgan fingerprint density at radius 3 is 1.95 bits per heavy atom. The zero-order valence-electron chi connectivity index (χ0n) is 30.1. The zero-order valence-corrected chi connectivity index (χ0v) is 30.9. The van der Waals surface area contributed by atoms with Crippen LogP contribution >= 0.6 is 11.3 Å². The van der Waals surface area contributed by atoms with E-state index < -0.39 is 0 Å². The van der Waals surface area contributed by atoms with Crippen LogP contribution in [0.4, 0.5) is 17.1 Å². The summed E-state index contributed by atoms with van der Waals surface area (Å²) in [5.41, 5.74) is 11.5. The average molecular weight is 734 g/mol. The van der Waals surface area contributed by atoms with Crippen LogP contribution < -0.4 is 4.90 Å². The lowest BCUT2D eigenvalue weighted by Crippen LogP contribution is -2.10. The Kier molecular flexibility index (Phi) is 6.80. The van der Waals surface area contributed by atoms with Gasteiger partial charge in [-0.05, 0) is 88.8 Å². The molecule has 0 fully saturated rings. The number of rotatable bonds is 5. The molecule has 4 heteroatoms. The number of nitrogens with zero attached hydrogens (tertiary/aromatic N) is 1. The summed E-state index contributed by atoms with van der Waals surface area (Å²) in [6.45, 7) is 0. The maximum absolute atomic E-state index is 6.87. The topological polar surface area (TPSA) is 29.5 Å². The van der Waals surface area contributed by atoms with Crippen LogP contribution in [0.25, 0.3) is 97.1 Å². The van der Waals surface area contributed by atoms with Crippen molar-refractivity contribution >= 4 is 103 Å². The van der Waals surface area contributed by atoms with Gasteiger partial charge in [0.05, 0.1) is 0 Å². The Hall–Kier alpha value is -7.14. The van der Waals surface area contributed by atoms with Crippen LogP contribution in [0.15, 0.2) is 197 Å². The van der Waals surface area contributed by atoms with Crippen LogP contribution in [-0.4, -0.2) is 0 Å². The van der Waals surface area contributed by atoms with Crippen molar-refractivity contribution in [3.63, 3.8) is 0 Å².